The van der Waals surface area contributed by atoms with Gasteiger partial charge in [0.05, 0.1) is 4.90 Å². The van der Waals surface area contributed by atoms with E-state index in [0.29, 0.717) is 4.90 Å². The first kappa shape index (κ1) is 16.5. The highest BCUT2D eigenvalue weighted by molar-refractivity contribution is 7.89. The van der Waals surface area contributed by atoms with Gasteiger partial charge in [0.15, 0.2) is 0 Å². The molecule has 118 valence electrons. The Bertz CT molecular complexity index is 574. The van der Waals surface area contributed by atoms with E-state index in [2.05, 4.69) is 20.8 Å². The standard InChI is InChI=1S/C17H27NO2S/c1-13-7-6-8-14(2)18(13)21(19,20)16-11-9-15(10-12-16)17(3,4)5/h9-14H,6-8H2,1-5H3/t13-,14-/m1/s1. The summed E-state index contributed by atoms with van der Waals surface area (Å²) in [5.41, 5.74) is 1.19. The van der Waals surface area contributed by atoms with Gasteiger partial charge in [0.2, 0.25) is 10.0 Å². The number of piperidine rings is 1. The van der Waals surface area contributed by atoms with E-state index in [0.717, 1.165) is 24.8 Å². The van der Waals surface area contributed by atoms with Crippen LogP contribution < -0.4 is 0 Å². The Kier molecular flexibility index (Phi) is 4.50. The van der Waals surface area contributed by atoms with Gasteiger partial charge in [0.25, 0.3) is 0 Å². The summed E-state index contributed by atoms with van der Waals surface area (Å²) in [5.74, 6) is 0. The van der Waals surface area contributed by atoms with Crippen LogP contribution in [0.2, 0.25) is 0 Å². The summed E-state index contributed by atoms with van der Waals surface area (Å²) in [6.45, 7) is 10.4. The highest BCUT2D eigenvalue weighted by atomic mass is 32.2. The third-order valence-corrected chi connectivity index (χ3v) is 6.55. The SMILES string of the molecule is C[C@@H]1CCC[C@@H](C)N1S(=O)(=O)c1ccc(C(C)(C)C)cc1. The molecule has 0 amide bonds. The third-order valence-electron chi connectivity index (χ3n) is 4.41. The Morgan fingerprint density at radius 1 is 1.00 bits per heavy atom. The molecule has 0 aromatic heterocycles. The molecule has 0 spiro atoms. The van der Waals surface area contributed by atoms with Crippen molar-refractivity contribution in [1.82, 2.24) is 4.31 Å². The molecule has 0 unspecified atom stereocenters. The zero-order valence-corrected chi connectivity index (χ0v) is 14.6. The lowest BCUT2D eigenvalue weighted by Crippen LogP contribution is -2.47. The molecule has 4 heteroatoms. The normalized spacial score (nSPS) is 25.0. The van der Waals surface area contributed by atoms with Crippen molar-refractivity contribution in [3.8, 4) is 0 Å². The van der Waals surface area contributed by atoms with Gasteiger partial charge in [-0.05, 0) is 49.8 Å². The Balaban J connectivity index is 2.35. The third kappa shape index (κ3) is 3.32. The first-order valence-electron chi connectivity index (χ1n) is 7.78. The van der Waals surface area contributed by atoms with Crippen LogP contribution in [0.3, 0.4) is 0 Å². The number of nitrogens with zero attached hydrogens (tertiary/aromatic N) is 1. The molecule has 21 heavy (non-hydrogen) atoms. The van der Waals surface area contributed by atoms with Crippen molar-refractivity contribution in [2.24, 2.45) is 0 Å². The number of benzene rings is 1. The maximum Gasteiger partial charge on any atom is 0.243 e. The van der Waals surface area contributed by atoms with Gasteiger partial charge >= 0.3 is 0 Å². The molecule has 3 nitrogen and oxygen atoms in total. The summed E-state index contributed by atoms with van der Waals surface area (Å²) < 4.78 is 27.5. The monoisotopic (exact) mass is 309 g/mol. The van der Waals surface area contributed by atoms with Gasteiger partial charge in [-0.2, -0.15) is 4.31 Å². The lowest BCUT2D eigenvalue weighted by Gasteiger charge is -2.37. The summed E-state index contributed by atoms with van der Waals surface area (Å²) in [7, 11) is -3.39. The Hall–Kier alpha value is -0.870. The Labute approximate surface area is 129 Å². The van der Waals surface area contributed by atoms with Crippen LogP contribution in [0.4, 0.5) is 0 Å². The molecular formula is C17H27NO2S. The molecule has 1 aromatic carbocycles. The highest BCUT2D eigenvalue weighted by Gasteiger charge is 2.35. The second-order valence-corrected chi connectivity index (χ2v) is 9.08. The predicted octanol–water partition coefficient (Wildman–Crippen LogP) is 3.94. The summed E-state index contributed by atoms with van der Waals surface area (Å²) >= 11 is 0. The van der Waals surface area contributed by atoms with E-state index in [-0.39, 0.29) is 17.5 Å². The molecule has 1 aliphatic heterocycles. The molecule has 2 rings (SSSR count). The molecule has 1 fully saturated rings. The van der Waals surface area contributed by atoms with Gasteiger partial charge in [-0.1, -0.05) is 39.3 Å². The molecular weight excluding hydrogens is 282 g/mol. The summed E-state index contributed by atoms with van der Waals surface area (Å²) in [6, 6.07) is 7.55. The minimum Gasteiger partial charge on any atom is -0.207 e. The minimum absolute atomic E-state index is 0.0357. The average molecular weight is 309 g/mol. The summed E-state index contributed by atoms with van der Waals surface area (Å²) in [5, 5.41) is 0. The number of rotatable bonds is 2. The van der Waals surface area contributed by atoms with Crippen LogP contribution in [-0.2, 0) is 15.4 Å². The lowest BCUT2D eigenvalue weighted by molar-refractivity contribution is 0.204. The van der Waals surface area contributed by atoms with Crippen LogP contribution in [0, 0.1) is 0 Å². The quantitative estimate of drug-likeness (QED) is 0.830. The molecule has 0 aliphatic carbocycles. The minimum atomic E-state index is -3.39. The van der Waals surface area contributed by atoms with Gasteiger partial charge in [0.1, 0.15) is 0 Å². The van der Waals surface area contributed by atoms with E-state index >= 15 is 0 Å². The highest BCUT2D eigenvalue weighted by Crippen LogP contribution is 2.30. The van der Waals surface area contributed by atoms with Crippen molar-refractivity contribution in [1.29, 1.82) is 0 Å². The van der Waals surface area contributed by atoms with E-state index in [1.807, 2.05) is 26.0 Å². The first-order chi connectivity index (χ1) is 9.64. The fraction of sp³-hybridized carbons (Fsp3) is 0.647. The van der Waals surface area contributed by atoms with Crippen LogP contribution in [0.5, 0.6) is 0 Å². The largest absolute Gasteiger partial charge is 0.243 e. The molecule has 1 aliphatic rings. The topological polar surface area (TPSA) is 37.4 Å². The summed E-state index contributed by atoms with van der Waals surface area (Å²) in [6.07, 6.45) is 3.00. The number of hydrogen-bond donors (Lipinski definition) is 0. The Morgan fingerprint density at radius 2 is 1.48 bits per heavy atom. The van der Waals surface area contributed by atoms with Crippen molar-refractivity contribution in [3.63, 3.8) is 0 Å². The van der Waals surface area contributed by atoms with Crippen LogP contribution in [0.25, 0.3) is 0 Å². The molecule has 0 bridgehead atoms. The van der Waals surface area contributed by atoms with Gasteiger partial charge in [-0.25, -0.2) is 8.42 Å². The maximum absolute atomic E-state index is 12.9. The average Bonchev–Trinajstić information content (AvgIpc) is 2.37. The molecule has 0 radical (unpaired) electrons. The lowest BCUT2D eigenvalue weighted by atomic mass is 9.87. The van der Waals surface area contributed by atoms with Gasteiger partial charge in [-0.3, -0.25) is 0 Å². The van der Waals surface area contributed by atoms with Gasteiger partial charge < -0.3 is 0 Å². The van der Waals surface area contributed by atoms with E-state index in [9.17, 15) is 8.42 Å². The van der Waals surface area contributed by atoms with Crippen molar-refractivity contribution < 1.29 is 8.42 Å². The van der Waals surface area contributed by atoms with E-state index in [1.165, 1.54) is 0 Å². The van der Waals surface area contributed by atoms with Gasteiger partial charge in [-0.15, -0.1) is 0 Å². The summed E-state index contributed by atoms with van der Waals surface area (Å²) in [4.78, 5) is 0.413. The molecule has 1 saturated heterocycles. The second kappa shape index (κ2) is 5.73. The number of sulfonamides is 1. The number of hydrogen-bond acceptors (Lipinski definition) is 2. The van der Waals surface area contributed by atoms with Gasteiger partial charge in [0, 0.05) is 12.1 Å². The fourth-order valence-corrected chi connectivity index (χ4v) is 5.00. The maximum atomic E-state index is 12.9. The molecule has 2 atom stereocenters. The first-order valence-corrected chi connectivity index (χ1v) is 9.22. The molecule has 0 saturated carbocycles. The molecule has 1 aromatic rings. The van der Waals surface area contributed by atoms with Crippen molar-refractivity contribution in [3.05, 3.63) is 29.8 Å². The van der Waals surface area contributed by atoms with E-state index in [1.54, 1.807) is 16.4 Å². The van der Waals surface area contributed by atoms with Crippen molar-refractivity contribution in [2.75, 3.05) is 0 Å². The van der Waals surface area contributed by atoms with Crippen LogP contribution >= 0.6 is 0 Å². The Morgan fingerprint density at radius 3 is 1.90 bits per heavy atom. The molecule has 0 N–H and O–H groups in total. The van der Waals surface area contributed by atoms with Crippen LogP contribution in [0.1, 0.15) is 59.4 Å². The van der Waals surface area contributed by atoms with E-state index < -0.39 is 10.0 Å². The zero-order chi connectivity index (χ0) is 15.8. The fourth-order valence-electron chi connectivity index (χ4n) is 3.12. The van der Waals surface area contributed by atoms with Crippen molar-refractivity contribution in [2.45, 2.75) is 76.3 Å². The van der Waals surface area contributed by atoms with Crippen LogP contribution in [0.15, 0.2) is 29.2 Å². The van der Waals surface area contributed by atoms with Crippen molar-refractivity contribution >= 4 is 10.0 Å². The van der Waals surface area contributed by atoms with E-state index in [4.69, 9.17) is 0 Å². The smallest absolute Gasteiger partial charge is 0.207 e. The second-order valence-electron chi connectivity index (χ2n) is 7.24. The zero-order valence-electron chi connectivity index (χ0n) is 13.8. The predicted molar refractivity (Wildman–Crippen MR) is 86.9 cm³/mol. The van der Waals surface area contributed by atoms with Crippen LogP contribution in [-0.4, -0.2) is 24.8 Å². The molecule has 1 heterocycles.